The van der Waals surface area contributed by atoms with Crippen molar-refractivity contribution in [1.82, 2.24) is 0 Å². The summed E-state index contributed by atoms with van der Waals surface area (Å²) < 4.78 is 44.4. The van der Waals surface area contributed by atoms with Crippen molar-refractivity contribution in [3.63, 3.8) is 0 Å². The third-order valence-corrected chi connectivity index (χ3v) is 3.41. The van der Waals surface area contributed by atoms with E-state index in [1.807, 2.05) is 6.92 Å². The lowest BCUT2D eigenvalue weighted by atomic mass is 10.1. The van der Waals surface area contributed by atoms with Gasteiger partial charge in [-0.05, 0) is 37.5 Å². The van der Waals surface area contributed by atoms with Crippen molar-refractivity contribution in [2.24, 2.45) is 5.73 Å². The van der Waals surface area contributed by atoms with Crippen LogP contribution in [0.15, 0.2) is 18.2 Å². The molecule has 0 bridgehead atoms. The van der Waals surface area contributed by atoms with Crippen LogP contribution >= 0.6 is 0 Å². The number of ether oxygens (including phenoxy) is 1. The molecular weight excluding hydrogens is 285 g/mol. The zero-order valence-corrected chi connectivity index (χ0v) is 11.5. The Morgan fingerprint density at radius 1 is 1.43 bits per heavy atom. The first-order valence-electron chi connectivity index (χ1n) is 6.67. The number of rotatable bonds is 3. The Balaban J connectivity index is 2.21. The number of hydrogen-bond donors (Lipinski definition) is 2. The molecule has 0 aromatic heterocycles. The maximum absolute atomic E-state index is 13.0. The van der Waals surface area contributed by atoms with Crippen molar-refractivity contribution in [3.05, 3.63) is 29.3 Å². The number of nitrogens with one attached hydrogen (secondary N) is 1. The molecule has 0 spiro atoms. The minimum absolute atomic E-state index is 0.000553. The van der Waals surface area contributed by atoms with Gasteiger partial charge >= 0.3 is 6.18 Å². The number of anilines is 1. The molecule has 1 aliphatic heterocycles. The Bertz CT molecular complexity index is 531. The number of alkyl halides is 3. The largest absolute Gasteiger partial charge is 0.418 e. The topological polar surface area (TPSA) is 64.4 Å². The molecular formula is C14H17F3N2O2. The normalized spacial score (nSPS) is 22.3. The van der Waals surface area contributed by atoms with Gasteiger partial charge < -0.3 is 15.8 Å². The van der Waals surface area contributed by atoms with Crippen molar-refractivity contribution >= 4 is 11.6 Å². The molecule has 7 heteroatoms. The number of hydrogen-bond acceptors (Lipinski definition) is 3. The van der Waals surface area contributed by atoms with E-state index in [1.54, 1.807) is 0 Å². The second-order valence-electron chi connectivity index (χ2n) is 5.08. The van der Waals surface area contributed by atoms with Gasteiger partial charge in [-0.2, -0.15) is 13.2 Å². The number of amides is 1. The van der Waals surface area contributed by atoms with Crippen LogP contribution < -0.4 is 11.1 Å². The lowest BCUT2D eigenvalue weighted by Gasteiger charge is -2.17. The van der Waals surface area contributed by atoms with E-state index in [2.05, 4.69) is 5.32 Å². The monoisotopic (exact) mass is 302 g/mol. The summed E-state index contributed by atoms with van der Waals surface area (Å²) >= 11 is 0. The first kappa shape index (κ1) is 15.8. The van der Waals surface area contributed by atoms with Gasteiger partial charge in [-0.15, -0.1) is 0 Å². The zero-order valence-electron chi connectivity index (χ0n) is 11.5. The zero-order chi connectivity index (χ0) is 15.6. The smallest absolute Gasteiger partial charge is 0.365 e. The van der Waals surface area contributed by atoms with Gasteiger partial charge in [0.1, 0.15) is 6.10 Å². The SMILES string of the molecule is CC1CCC(C(=O)Nc2ccc(CN)cc2C(F)(F)F)O1. The van der Waals surface area contributed by atoms with Gasteiger partial charge in [0.15, 0.2) is 0 Å². The molecule has 1 amide bonds. The predicted molar refractivity (Wildman–Crippen MR) is 71.5 cm³/mol. The molecule has 21 heavy (non-hydrogen) atoms. The fourth-order valence-electron chi connectivity index (χ4n) is 2.27. The van der Waals surface area contributed by atoms with E-state index in [1.165, 1.54) is 12.1 Å². The molecule has 116 valence electrons. The molecule has 1 heterocycles. The summed E-state index contributed by atoms with van der Waals surface area (Å²) in [6.45, 7) is 1.82. The maximum atomic E-state index is 13.0. The summed E-state index contributed by atoms with van der Waals surface area (Å²) in [6.07, 6.45) is -4.08. The Hall–Kier alpha value is -1.60. The first-order chi connectivity index (χ1) is 9.81. The van der Waals surface area contributed by atoms with Crippen LogP contribution in [0, 0.1) is 0 Å². The van der Waals surface area contributed by atoms with Crippen LogP contribution in [0.5, 0.6) is 0 Å². The van der Waals surface area contributed by atoms with E-state index in [4.69, 9.17) is 10.5 Å². The van der Waals surface area contributed by atoms with E-state index in [9.17, 15) is 18.0 Å². The fraction of sp³-hybridized carbons (Fsp3) is 0.500. The van der Waals surface area contributed by atoms with Crippen LogP contribution in [0.3, 0.4) is 0 Å². The maximum Gasteiger partial charge on any atom is 0.418 e. The van der Waals surface area contributed by atoms with Gasteiger partial charge in [0.2, 0.25) is 0 Å². The Labute approximate surface area is 120 Å². The highest BCUT2D eigenvalue weighted by Crippen LogP contribution is 2.36. The molecule has 0 saturated carbocycles. The highest BCUT2D eigenvalue weighted by Gasteiger charge is 2.35. The lowest BCUT2D eigenvalue weighted by Crippen LogP contribution is -2.28. The Kier molecular flexibility index (Phi) is 4.53. The molecule has 0 radical (unpaired) electrons. The molecule has 3 N–H and O–H groups in total. The standard InChI is InChI=1S/C14H17F3N2O2/c1-8-2-5-12(21-8)13(20)19-11-4-3-9(7-18)6-10(11)14(15,16)17/h3-4,6,8,12H,2,5,7,18H2,1H3,(H,19,20). The number of nitrogens with two attached hydrogens (primary N) is 1. The van der Waals surface area contributed by atoms with Crippen LogP contribution in [0.2, 0.25) is 0 Å². The summed E-state index contributed by atoms with van der Waals surface area (Å²) in [4.78, 5) is 12.0. The van der Waals surface area contributed by atoms with E-state index < -0.39 is 23.8 Å². The molecule has 2 atom stereocenters. The van der Waals surface area contributed by atoms with Crippen LogP contribution in [-0.4, -0.2) is 18.1 Å². The molecule has 4 nitrogen and oxygen atoms in total. The van der Waals surface area contributed by atoms with Gasteiger partial charge in [0.05, 0.1) is 17.4 Å². The third kappa shape index (κ3) is 3.74. The number of carbonyl (C=O) groups excluding carboxylic acids is 1. The first-order valence-corrected chi connectivity index (χ1v) is 6.67. The Morgan fingerprint density at radius 2 is 2.14 bits per heavy atom. The minimum atomic E-state index is -4.56. The molecule has 1 saturated heterocycles. The summed E-state index contributed by atoms with van der Waals surface area (Å²) in [5, 5.41) is 2.31. The molecule has 2 unspecified atom stereocenters. The van der Waals surface area contributed by atoms with Crippen molar-refractivity contribution in [2.75, 3.05) is 5.32 Å². The molecule has 0 aliphatic carbocycles. The average molecular weight is 302 g/mol. The van der Waals surface area contributed by atoms with Gasteiger partial charge in [-0.25, -0.2) is 0 Å². The second-order valence-corrected chi connectivity index (χ2v) is 5.08. The summed E-state index contributed by atoms with van der Waals surface area (Å²) in [5.41, 5.74) is 4.54. The molecule has 2 rings (SSSR count). The summed E-state index contributed by atoms with van der Waals surface area (Å²) in [6, 6.07) is 3.64. The summed E-state index contributed by atoms with van der Waals surface area (Å²) in [7, 11) is 0. The Morgan fingerprint density at radius 3 is 2.67 bits per heavy atom. The van der Waals surface area contributed by atoms with Crippen molar-refractivity contribution in [3.8, 4) is 0 Å². The number of benzene rings is 1. The van der Waals surface area contributed by atoms with Gasteiger partial charge in [-0.3, -0.25) is 4.79 Å². The quantitative estimate of drug-likeness (QED) is 0.902. The highest BCUT2D eigenvalue weighted by molar-refractivity contribution is 5.95. The lowest BCUT2D eigenvalue weighted by molar-refractivity contribution is -0.137. The minimum Gasteiger partial charge on any atom is -0.365 e. The van der Waals surface area contributed by atoms with Crippen molar-refractivity contribution in [2.45, 2.75) is 44.7 Å². The number of carbonyl (C=O) groups is 1. The van der Waals surface area contributed by atoms with E-state index in [-0.39, 0.29) is 18.3 Å². The van der Waals surface area contributed by atoms with Gasteiger partial charge in [0.25, 0.3) is 5.91 Å². The van der Waals surface area contributed by atoms with Crippen LogP contribution in [-0.2, 0) is 22.3 Å². The average Bonchev–Trinajstić information content (AvgIpc) is 2.84. The van der Waals surface area contributed by atoms with Crippen LogP contribution in [0.1, 0.15) is 30.9 Å². The van der Waals surface area contributed by atoms with Crippen LogP contribution in [0.25, 0.3) is 0 Å². The molecule has 1 aromatic carbocycles. The van der Waals surface area contributed by atoms with Crippen LogP contribution in [0.4, 0.5) is 18.9 Å². The highest BCUT2D eigenvalue weighted by atomic mass is 19.4. The summed E-state index contributed by atoms with van der Waals surface area (Å²) in [5.74, 6) is -0.551. The fourth-order valence-corrected chi connectivity index (χ4v) is 2.27. The number of halogens is 3. The van der Waals surface area contributed by atoms with Crippen molar-refractivity contribution < 1.29 is 22.7 Å². The molecule has 1 aromatic rings. The van der Waals surface area contributed by atoms with E-state index >= 15 is 0 Å². The van der Waals surface area contributed by atoms with Gasteiger partial charge in [0, 0.05) is 6.54 Å². The molecule has 1 fully saturated rings. The van der Waals surface area contributed by atoms with Crippen molar-refractivity contribution in [1.29, 1.82) is 0 Å². The predicted octanol–water partition coefficient (Wildman–Crippen LogP) is 2.67. The molecule has 1 aliphatic rings. The van der Waals surface area contributed by atoms with E-state index in [0.29, 0.717) is 12.0 Å². The second kappa shape index (κ2) is 6.03. The third-order valence-electron chi connectivity index (χ3n) is 3.41. The van der Waals surface area contributed by atoms with Gasteiger partial charge in [-0.1, -0.05) is 6.07 Å². The van der Waals surface area contributed by atoms with E-state index in [0.717, 1.165) is 12.5 Å².